The highest BCUT2D eigenvalue weighted by Crippen LogP contribution is 2.22. The van der Waals surface area contributed by atoms with Gasteiger partial charge in [-0.05, 0) is 38.3 Å². The molecule has 0 spiro atoms. The van der Waals surface area contributed by atoms with Crippen LogP contribution in [0.1, 0.15) is 46.1 Å². The number of ether oxygens (including phenoxy) is 2. The van der Waals surface area contributed by atoms with Crippen LogP contribution < -0.4 is 0 Å². The summed E-state index contributed by atoms with van der Waals surface area (Å²) in [5.74, 6) is 0.749. The van der Waals surface area contributed by atoms with Crippen LogP contribution in [0.5, 0.6) is 0 Å². The SMILES string of the molecule is CC(C)CCOC(C)C(=O)OC(C)c1nnc(-c2ccccc2)o1. The van der Waals surface area contributed by atoms with E-state index in [1.54, 1.807) is 13.8 Å². The van der Waals surface area contributed by atoms with E-state index in [1.165, 1.54) is 0 Å². The van der Waals surface area contributed by atoms with E-state index in [4.69, 9.17) is 13.9 Å². The monoisotopic (exact) mass is 332 g/mol. The van der Waals surface area contributed by atoms with Crippen molar-refractivity contribution in [2.75, 3.05) is 6.61 Å². The lowest BCUT2D eigenvalue weighted by Gasteiger charge is -2.15. The number of carbonyl (C=O) groups is 1. The van der Waals surface area contributed by atoms with Crippen molar-refractivity contribution in [2.24, 2.45) is 5.92 Å². The molecular weight excluding hydrogens is 308 g/mol. The highest BCUT2D eigenvalue weighted by Gasteiger charge is 2.23. The van der Waals surface area contributed by atoms with Gasteiger partial charge in [0.2, 0.25) is 5.89 Å². The predicted octanol–water partition coefficient (Wildman–Crippen LogP) is 3.79. The fourth-order valence-corrected chi connectivity index (χ4v) is 1.97. The lowest BCUT2D eigenvalue weighted by Crippen LogP contribution is -2.25. The number of hydrogen-bond donors (Lipinski definition) is 0. The summed E-state index contributed by atoms with van der Waals surface area (Å²) >= 11 is 0. The zero-order chi connectivity index (χ0) is 17.5. The smallest absolute Gasteiger partial charge is 0.335 e. The zero-order valence-electron chi connectivity index (χ0n) is 14.6. The van der Waals surface area contributed by atoms with Crippen molar-refractivity contribution in [3.05, 3.63) is 36.2 Å². The molecule has 2 unspecified atom stereocenters. The first-order valence-corrected chi connectivity index (χ1v) is 8.18. The summed E-state index contributed by atoms with van der Waals surface area (Å²) in [5, 5.41) is 7.94. The third-order valence-corrected chi connectivity index (χ3v) is 3.50. The molecular formula is C18H24N2O4. The van der Waals surface area contributed by atoms with Gasteiger partial charge in [0.25, 0.3) is 5.89 Å². The molecule has 1 aromatic carbocycles. The van der Waals surface area contributed by atoms with E-state index in [9.17, 15) is 4.79 Å². The van der Waals surface area contributed by atoms with Gasteiger partial charge >= 0.3 is 5.97 Å². The minimum absolute atomic E-state index is 0.261. The van der Waals surface area contributed by atoms with Crippen molar-refractivity contribution in [3.8, 4) is 11.5 Å². The standard InChI is InChI=1S/C18H24N2O4/c1-12(2)10-11-22-14(4)18(21)23-13(3)16-19-20-17(24-16)15-8-6-5-7-9-15/h5-9,12-14H,10-11H2,1-4H3. The maximum Gasteiger partial charge on any atom is 0.335 e. The number of rotatable bonds is 8. The highest BCUT2D eigenvalue weighted by atomic mass is 16.6. The summed E-state index contributed by atoms with van der Waals surface area (Å²) in [5.41, 5.74) is 0.820. The summed E-state index contributed by atoms with van der Waals surface area (Å²) in [6, 6.07) is 9.43. The number of hydrogen-bond acceptors (Lipinski definition) is 6. The molecule has 1 heterocycles. The van der Waals surface area contributed by atoms with Crippen molar-refractivity contribution in [3.63, 3.8) is 0 Å². The Morgan fingerprint density at radius 2 is 1.83 bits per heavy atom. The minimum atomic E-state index is -0.626. The Labute approximate surface area is 142 Å². The Morgan fingerprint density at radius 1 is 1.12 bits per heavy atom. The Balaban J connectivity index is 1.89. The van der Waals surface area contributed by atoms with Gasteiger partial charge in [-0.1, -0.05) is 32.0 Å². The molecule has 0 saturated carbocycles. The third kappa shape index (κ3) is 5.16. The molecule has 0 aliphatic heterocycles. The first kappa shape index (κ1) is 18.1. The summed E-state index contributed by atoms with van der Waals surface area (Å²) < 4.78 is 16.4. The van der Waals surface area contributed by atoms with Gasteiger partial charge in [0, 0.05) is 12.2 Å². The highest BCUT2D eigenvalue weighted by molar-refractivity contribution is 5.74. The van der Waals surface area contributed by atoms with Gasteiger partial charge in [-0.2, -0.15) is 0 Å². The van der Waals surface area contributed by atoms with E-state index in [-0.39, 0.29) is 5.89 Å². The molecule has 6 heteroatoms. The van der Waals surface area contributed by atoms with E-state index in [1.807, 2.05) is 30.3 Å². The van der Waals surface area contributed by atoms with Gasteiger partial charge < -0.3 is 13.9 Å². The van der Waals surface area contributed by atoms with Crippen LogP contribution in [0.15, 0.2) is 34.7 Å². The van der Waals surface area contributed by atoms with Crippen molar-refractivity contribution in [1.82, 2.24) is 10.2 Å². The average Bonchev–Trinajstić information content (AvgIpc) is 3.05. The first-order chi connectivity index (χ1) is 11.5. The molecule has 130 valence electrons. The van der Waals surface area contributed by atoms with Gasteiger partial charge in [-0.15, -0.1) is 10.2 Å². The zero-order valence-corrected chi connectivity index (χ0v) is 14.6. The molecule has 2 atom stereocenters. The molecule has 0 bridgehead atoms. The molecule has 0 amide bonds. The molecule has 0 aliphatic rings. The van der Waals surface area contributed by atoms with Gasteiger partial charge in [0.15, 0.2) is 12.2 Å². The lowest BCUT2D eigenvalue weighted by atomic mass is 10.1. The number of carbonyl (C=O) groups excluding carboxylic acids is 1. The second kappa shape index (κ2) is 8.59. The van der Waals surface area contributed by atoms with Crippen LogP contribution in [0.2, 0.25) is 0 Å². The molecule has 0 aliphatic carbocycles. The predicted molar refractivity (Wildman–Crippen MR) is 89.1 cm³/mol. The van der Waals surface area contributed by atoms with Gasteiger partial charge in [0.1, 0.15) is 0 Å². The molecule has 2 aromatic rings. The second-order valence-electron chi connectivity index (χ2n) is 6.09. The molecule has 0 radical (unpaired) electrons. The Bertz CT molecular complexity index is 639. The normalized spacial score (nSPS) is 13.7. The molecule has 24 heavy (non-hydrogen) atoms. The maximum atomic E-state index is 12.0. The number of nitrogens with zero attached hydrogens (tertiary/aromatic N) is 2. The molecule has 1 aromatic heterocycles. The van der Waals surface area contributed by atoms with E-state index >= 15 is 0 Å². The fraction of sp³-hybridized carbons (Fsp3) is 0.500. The summed E-state index contributed by atoms with van der Waals surface area (Å²) in [7, 11) is 0. The molecule has 0 fully saturated rings. The van der Waals surface area contributed by atoms with E-state index < -0.39 is 18.2 Å². The summed E-state index contributed by atoms with van der Waals surface area (Å²) in [6.45, 7) is 8.11. The summed E-state index contributed by atoms with van der Waals surface area (Å²) in [4.78, 5) is 12.0. The van der Waals surface area contributed by atoms with Crippen LogP contribution >= 0.6 is 0 Å². The molecule has 0 N–H and O–H groups in total. The average molecular weight is 332 g/mol. The quantitative estimate of drug-likeness (QED) is 0.685. The Morgan fingerprint density at radius 3 is 2.50 bits per heavy atom. The van der Waals surface area contributed by atoms with Crippen LogP contribution in [0.25, 0.3) is 11.5 Å². The molecule has 2 rings (SSSR count). The number of esters is 1. The Kier molecular flexibility index (Phi) is 6.49. The van der Waals surface area contributed by atoms with Gasteiger partial charge in [0.05, 0.1) is 0 Å². The first-order valence-electron chi connectivity index (χ1n) is 8.18. The second-order valence-corrected chi connectivity index (χ2v) is 6.09. The van der Waals surface area contributed by atoms with E-state index in [0.29, 0.717) is 18.4 Å². The van der Waals surface area contributed by atoms with Crippen molar-refractivity contribution >= 4 is 5.97 Å². The minimum Gasteiger partial charge on any atom is -0.451 e. The van der Waals surface area contributed by atoms with Crippen LogP contribution in [-0.4, -0.2) is 28.9 Å². The maximum absolute atomic E-state index is 12.0. The van der Waals surface area contributed by atoms with Crippen molar-refractivity contribution in [2.45, 2.75) is 46.3 Å². The number of aromatic nitrogens is 2. The molecule has 6 nitrogen and oxygen atoms in total. The molecule has 0 saturated heterocycles. The van der Waals surface area contributed by atoms with Crippen LogP contribution in [-0.2, 0) is 14.3 Å². The fourth-order valence-electron chi connectivity index (χ4n) is 1.97. The van der Waals surface area contributed by atoms with Gasteiger partial charge in [-0.25, -0.2) is 4.79 Å². The number of benzene rings is 1. The largest absolute Gasteiger partial charge is 0.451 e. The van der Waals surface area contributed by atoms with Crippen LogP contribution in [0, 0.1) is 5.92 Å². The van der Waals surface area contributed by atoms with Crippen molar-refractivity contribution < 1.29 is 18.7 Å². The topological polar surface area (TPSA) is 74.5 Å². The lowest BCUT2D eigenvalue weighted by molar-refractivity contribution is -0.162. The van der Waals surface area contributed by atoms with Crippen molar-refractivity contribution in [1.29, 1.82) is 0 Å². The van der Waals surface area contributed by atoms with Crippen LogP contribution in [0.4, 0.5) is 0 Å². The van der Waals surface area contributed by atoms with E-state index in [0.717, 1.165) is 12.0 Å². The summed E-state index contributed by atoms with van der Waals surface area (Å²) in [6.07, 6.45) is -0.349. The van der Waals surface area contributed by atoms with E-state index in [2.05, 4.69) is 24.0 Å². The third-order valence-electron chi connectivity index (χ3n) is 3.50. The Hall–Kier alpha value is -2.21. The van der Waals surface area contributed by atoms with Gasteiger partial charge in [-0.3, -0.25) is 0 Å². The van der Waals surface area contributed by atoms with Crippen LogP contribution in [0.3, 0.4) is 0 Å².